The summed E-state index contributed by atoms with van der Waals surface area (Å²) in [4.78, 5) is 11.3. The van der Waals surface area contributed by atoms with Crippen LogP contribution in [0.3, 0.4) is 0 Å². The molecule has 0 aliphatic carbocycles. The van der Waals surface area contributed by atoms with Gasteiger partial charge in [-0.1, -0.05) is 0 Å². The SMILES string of the molecule is O=[N+]([O-])c1ccc(SCCC2CCNCC2)cc1. The lowest BCUT2D eigenvalue weighted by molar-refractivity contribution is -0.384. The van der Waals surface area contributed by atoms with Gasteiger partial charge in [0, 0.05) is 17.0 Å². The lowest BCUT2D eigenvalue weighted by atomic mass is 9.96. The van der Waals surface area contributed by atoms with Crippen molar-refractivity contribution in [3.8, 4) is 0 Å². The third-order valence-electron chi connectivity index (χ3n) is 3.30. The Hall–Kier alpha value is -1.07. The number of thioether (sulfide) groups is 1. The van der Waals surface area contributed by atoms with Crippen LogP contribution in [0.2, 0.25) is 0 Å². The van der Waals surface area contributed by atoms with Gasteiger partial charge in [0.25, 0.3) is 5.69 Å². The molecule has 1 fully saturated rings. The molecule has 1 aromatic carbocycles. The van der Waals surface area contributed by atoms with Crippen LogP contribution in [0.4, 0.5) is 5.69 Å². The van der Waals surface area contributed by atoms with E-state index in [1.807, 2.05) is 12.1 Å². The summed E-state index contributed by atoms with van der Waals surface area (Å²) in [6.07, 6.45) is 3.80. The maximum Gasteiger partial charge on any atom is 0.269 e. The van der Waals surface area contributed by atoms with E-state index in [0.29, 0.717) is 0 Å². The van der Waals surface area contributed by atoms with Crippen molar-refractivity contribution in [1.82, 2.24) is 5.32 Å². The van der Waals surface area contributed by atoms with Crippen LogP contribution in [0.5, 0.6) is 0 Å². The van der Waals surface area contributed by atoms with Crippen molar-refractivity contribution in [3.05, 3.63) is 34.4 Å². The Morgan fingerprint density at radius 2 is 1.94 bits per heavy atom. The molecule has 1 aliphatic rings. The minimum Gasteiger partial charge on any atom is -0.317 e. The minimum atomic E-state index is -0.358. The number of nitrogens with zero attached hydrogens (tertiary/aromatic N) is 1. The van der Waals surface area contributed by atoms with Crippen molar-refractivity contribution in [2.75, 3.05) is 18.8 Å². The second kappa shape index (κ2) is 6.75. The van der Waals surface area contributed by atoms with Crippen LogP contribution < -0.4 is 5.32 Å². The first-order valence-corrected chi connectivity index (χ1v) is 7.32. The average Bonchev–Trinajstić information content (AvgIpc) is 2.40. The fraction of sp³-hybridized carbons (Fsp3) is 0.538. The lowest BCUT2D eigenvalue weighted by Gasteiger charge is -2.22. The average molecular weight is 266 g/mol. The van der Waals surface area contributed by atoms with E-state index in [2.05, 4.69) is 5.32 Å². The van der Waals surface area contributed by atoms with E-state index in [9.17, 15) is 10.1 Å². The maximum atomic E-state index is 10.5. The molecule has 0 aromatic heterocycles. The molecule has 0 bridgehead atoms. The molecule has 1 aliphatic heterocycles. The van der Waals surface area contributed by atoms with E-state index in [0.717, 1.165) is 29.7 Å². The number of benzene rings is 1. The van der Waals surface area contributed by atoms with Crippen molar-refractivity contribution in [3.63, 3.8) is 0 Å². The van der Waals surface area contributed by atoms with Crippen LogP contribution in [-0.4, -0.2) is 23.8 Å². The third-order valence-corrected chi connectivity index (χ3v) is 4.35. The lowest BCUT2D eigenvalue weighted by Crippen LogP contribution is -2.27. The number of hydrogen-bond donors (Lipinski definition) is 1. The van der Waals surface area contributed by atoms with Gasteiger partial charge in [-0.2, -0.15) is 0 Å². The fourth-order valence-corrected chi connectivity index (χ4v) is 3.19. The van der Waals surface area contributed by atoms with Crippen LogP contribution in [0.25, 0.3) is 0 Å². The van der Waals surface area contributed by atoms with Crippen molar-refractivity contribution >= 4 is 17.4 Å². The highest BCUT2D eigenvalue weighted by atomic mass is 32.2. The molecule has 1 aromatic rings. The van der Waals surface area contributed by atoms with Gasteiger partial charge < -0.3 is 5.32 Å². The quantitative estimate of drug-likeness (QED) is 0.505. The smallest absolute Gasteiger partial charge is 0.269 e. The molecule has 4 nitrogen and oxygen atoms in total. The predicted molar refractivity (Wildman–Crippen MR) is 74.0 cm³/mol. The van der Waals surface area contributed by atoms with Crippen LogP contribution in [0.1, 0.15) is 19.3 Å². The Bertz CT molecular complexity index is 388. The largest absolute Gasteiger partial charge is 0.317 e. The Morgan fingerprint density at radius 1 is 1.28 bits per heavy atom. The summed E-state index contributed by atoms with van der Waals surface area (Å²) in [5.41, 5.74) is 0.165. The first-order chi connectivity index (χ1) is 8.75. The molecule has 5 heteroatoms. The van der Waals surface area contributed by atoms with Crippen molar-refractivity contribution in [2.45, 2.75) is 24.2 Å². The molecule has 1 saturated heterocycles. The standard InChI is InChI=1S/C13H18N2O2S/c16-15(17)12-1-3-13(4-2-12)18-10-7-11-5-8-14-9-6-11/h1-4,11,14H,5-10H2. The number of non-ortho nitro benzene ring substituents is 1. The molecular weight excluding hydrogens is 248 g/mol. The Kier molecular flexibility index (Phi) is 5.01. The third kappa shape index (κ3) is 3.99. The zero-order chi connectivity index (χ0) is 12.8. The first kappa shape index (κ1) is 13.4. The molecule has 1 heterocycles. The predicted octanol–water partition coefficient (Wildman–Crippen LogP) is 3.08. The topological polar surface area (TPSA) is 55.2 Å². The molecule has 98 valence electrons. The first-order valence-electron chi connectivity index (χ1n) is 6.33. The highest BCUT2D eigenvalue weighted by molar-refractivity contribution is 7.99. The normalized spacial score (nSPS) is 16.7. The summed E-state index contributed by atoms with van der Waals surface area (Å²) in [5.74, 6) is 1.94. The molecule has 1 N–H and O–H groups in total. The highest BCUT2D eigenvalue weighted by Gasteiger charge is 2.12. The summed E-state index contributed by atoms with van der Waals surface area (Å²) in [5, 5.41) is 13.9. The highest BCUT2D eigenvalue weighted by Crippen LogP contribution is 2.25. The zero-order valence-corrected chi connectivity index (χ0v) is 11.1. The molecule has 0 atom stereocenters. The van der Waals surface area contributed by atoms with Crippen LogP contribution in [0, 0.1) is 16.0 Å². The number of hydrogen-bond acceptors (Lipinski definition) is 4. The zero-order valence-electron chi connectivity index (χ0n) is 10.3. The summed E-state index contributed by atoms with van der Waals surface area (Å²) in [6, 6.07) is 6.83. The molecule has 0 saturated carbocycles. The van der Waals surface area contributed by atoms with Crippen molar-refractivity contribution in [2.24, 2.45) is 5.92 Å². The van der Waals surface area contributed by atoms with E-state index in [4.69, 9.17) is 0 Å². The monoisotopic (exact) mass is 266 g/mol. The van der Waals surface area contributed by atoms with Gasteiger partial charge in [0.15, 0.2) is 0 Å². The van der Waals surface area contributed by atoms with Gasteiger partial charge in [-0.3, -0.25) is 10.1 Å². The second-order valence-electron chi connectivity index (χ2n) is 4.58. The van der Waals surface area contributed by atoms with E-state index in [1.54, 1.807) is 23.9 Å². The summed E-state index contributed by atoms with van der Waals surface area (Å²) < 4.78 is 0. The van der Waals surface area contributed by atoms with Crippen LogP contribution >= 0.6 is 11.8 Å². The number of rotatable bonds is 5. The second-order valence-corrected chi connectivity index (χ2v) is 5.75. The Labute approximate surface area is 111 Å². The maximum absolute atomic E-state index is 10.5. The van der Waals surface area contributed by atoms with Gasteiger partial charge >= 0.3 is 0 Å². The van der Waals surface area contributed by atoms with E-state index < -0.39 is 0 Å². The van der Waals surface area contributed by atoms with Gasteiger partial charge in [0.05, 0.1) is 4.92 Å². The van der Waals surface area contributed by atoms with Gasteiger partial charge in [0.1, 0.15) is 0 Å². The summed E-state index contributed by atoms with van der Waals surface area (Å²) in [6.45, 7) is 2.29. The van der Waals surface area contributed by atoms with Crippen LogP contribution in [0.15, 0.2) is 29.2 Å². The summed E-state index contributed by atoms with van der Waals surface area (Å²) >= 11 is 1.79. The fourth-order valence-electron chi connectivity index (χ4n) is 2.18. The van der Waals surface area contributed by atoms with E-state index in [-0.39, 0.29) is 10.6 Å². The molecule has 2 rings (SSSR count). The van der Waals surface area contributed by atoms with Gasteiger partial charge in [0.2, 0.25) is 0 Å². The number of nitro benzene ring substituents is 1. The number of piperidine rings is 1. The van der Waals surface area contributed by atoms with Gasteiger partial charge in [-0.05, 0) is 56.2 Å². The van der Waals surface area contributed by atoms with Gasteiger partial charge in [-0.25, -0.2) is 0 Å². The van der Waals surface area contributed by atoms with E-state index in [1.165, 1.54) is 19.3 Å². The Balaban J connectivity index is 1.74. The van der Waals surface area contributed by atoms with Crippen molar-refractivity contribution in [1.29, 1.82) is 0 Å². The Morgan fingerprint density at radius 3 is 2.56 bits per heavy atom. The number of nitro groups is 1. The molecule has 0 unspecified atom stereocenters. The molecule has 0 spiro atoms. The van der Waals surface area contributed by atoms with Crippen molar-refractivity contribution < 1.29 is 4.92 Å². The van der Waals surface area contributed by atoms with E-state index >= 15 is 0 Å². The summed E-state index contributed by atoms with van der Waals surface area (Å²) in [7, 11) is 0. The molecular formula is C13H18N2O2S. The molecule has 0 amide bonds. The molecule has 0 radical (unpaired) electrons. The van der Waals surface area contributed by atoms with Gasteiger partial charge in [-0.15, -0.1) is 11.8 Å². The molecule has 18 heavy (non-hydrogen) atoms. The minimum absolute atomic E-state index is 0.165. The van der Waals surface area contributed by atoms with Crippen LogP contribution in [-0.2, 0) is 0 Å². The number of nitrogens with one attached hydrogen (secondary N) is 1.